The molecule has 2 rings (SSSR count). The van der Waals surface area contributed by atoms with Gasteiger partial charge in [-0.3, -0.25) is 9.59 Å². The molecule has 1 fully saturated rings. The topological polar surface area (TPSA) is 49.4 Å². The summed E-state index contributed by atoms with van der Waals surface area (Å²) >= 11 is 0. The number of carbonyl (C=O) groups is 2. The van der Waals surface area contributed by atoms with Crippen molar-refractivity contribution in [2.45, 2.75) is 45.6 Å². The van der Waals surface area contributed by atoms with Crippen LogP contribution in [-0.2, 0) is 4.79 Å². The second-order valence-electron chi connectivity index (χ2n) is 6.09. The van der Waals surface area contributed by atoms with Gasteiger partial charge in [-0.25, -0.2) is 0 Å². The molecule has 1 N–H and O–H groups in total. The lowest BCUT2D eigenvalue weighted by Gasteiger charge is -2.33. The third-order valence-corrected chi connectivity index (χ3v) is 4.28. The van der Waals surface area contributed by atoms with Crippen molar-refractivity contribution in [3.63, 3.8) is 0 Å². The molecule has 0 heterocycles. The molecule has 1 aromatic carbocycles. The van der Waals surface area contributed by atoms with Crippen LogP contribution in [-0.4, -0.2) is 29.8 Å². The van der Waals surface area contributed by atoms with E-state index < -0.39 is 0 Å². The molecule has 0 unspecified atom stereocenters. The average Bonchev–Trinajstić information content (AvgIpc) is 2.46. The van der Waals surface area contributed by atoms with Crippen molar-refractivity contribution in [3.8, 4) is 0 Å². The zero-order valence-electron chi connectivity index (χ0n) is 13.1. The highest BCUT2D eigenvalue weighted by molar-refractivity contribution is 5.96. The predicted octanol–water partition coefficient (Wildman–Crippen LogP) is 3.30. The monoisotopic (exact) mass is 288 g/mol. The molecule has 0 saturated heterocycles. The van der Waals surface area contributed by atoms with Crippen molar-refractivity contribution in [2.24, 2.45) is 5.92 Å². The van der Waals surface area contributed by atoms with Crippen LogP contribution in [0.5, 0.6) is 0 Å². The normalized spacial score (nSPS) is 21.7. The number of rotatable bonds is 3. The molecule has 0 spiro atoms. The highest BCUT2D eigenvalue weighted by atomic mass is 16.2. The van der Waals surface area contributed by atoms with Gasteiger partial charge in [-0.2, -0.15) is 0 Å². The maximum Gasteiger partial charge on any atom is 0.253 e. The van der Waals surface area contributed by atoms with Gasteiger partial charge >= 0.3 is 0 Å². The summed E-state index contributed by atoms with van der Waals surface area (Å²) in [5, 5.41) is 2.71. The SMILES string of the molecule is CC(=O)Nc1cccc(C(=O)N(C)C2CCC(C)CC2)c1. The van der Waals surface area contributed by atoms with E-state index in [-0.39, 0.29) is 11.8 Å². The Morgan fingerprint density at radius 1 is 1.19 bits per heavy atom. The molecule has 4 heteroatoms. The number of carbonyl (C=O) groups excluding carboxylic acids is 2. The Bertz CT molecular complexity index is 519. The highest BCUT2D eigenvalue weighted by Gasteiger charge is 2.25. The van der Waals surface area contributed by atoms with Gasteiger partial charge in [-0.15, -0.1) is 0 Å². The molecule has 1 aliphatic carbocycles. The number of amides is 2. The number of anilines is 1. The molecule has 114 valence electrons. The van der Waals surface area contributed by atoms with E-state index in [1.807, 2.05) is 11.9 Å². The Kier molecular flexibility index (Phi) is 4.99. The molecule has 4 nitrogen and oxygen atoms in total. The first-order chi connectivity index (χ1) is 9.97. The lowest BCUT2D eigenvalue weighted by Crippen LogP contribution is -2.39. The molecule has 21 heavy (non-hydrogen) atoms. The van der Waals surface area contributed by atoms with Crippen LogP contribution < -0.4 is 5.32 Å². The summed E-state index contributed by atoms with van der Waals surface area (Å²) in [7, 11) is 1.88. The van der Waals surface area contributed by atoms with E-state index in [1.165, 1.54) is 19.8 Å². The number of benzene rings is 1. The second-order valence-corrected chi connectivity index (χ2v) is 6.09. The number of nitrogens with one attached hydrogen (secondary N) is 1. The Morgan fingerprint density at radius 2 is 1.86 bits per heavy atom. The largest absolute Gasteiger partial charge is 0.339 e. The van der Waals surface area contributed by atoms with Crippen molar-refractivity contribution in [3.05, 3.63) is 29.8 Å². The summed E-state index contributed by atoms with van der Waals surface area (Å²) in [4.78, 5) is 25.5. The van der Waals surface area contributed by atoms with E-state index in [1.54, 1.807) is 24.3 Å². The van der Waals surface area contributed by atoms with Crippen molar-refractivity contribution >= 4 is 17.5 Å². The highest BCUT2D eigenvalue weighted by Crippen LogP contribution is 2.27. The molecule has 1 aromatic rings. The van der Waals surface area contributed by atoms with Crippen LogP contribution >= 0.6 is 0 Å². The number of hydrogen-bond donors (Lipinski definition) is 1. The molecule has 0 bridgehead atoms. The Hall–Kier alpha value is -1.84. The first kappa shape index (κ1) is 15.5. The van der Waals surface area contributed by atoms with Gasteiger partial charge in [0.25, 0.3) is 5.91 Å². The van der Waals surface area contributed by atoms with Gasteiger partial charge in [0.1, 0.15) is 0 Å². The summed E-state index contributed by atoms with van der Waals surface area (Å²) in [6, 6.07) is 7.47. The van der Waals surface area contributed by atoms with Crippen molar-refractivity contribution in [1.82, 2.24) is 4.90 Å². The first-order valence-corrected chi connectivity index (χ1v) is 7.62. The van der Waals surface area contributed by atoms with Gasteiger partial charge < -0.3 is 10.2 Å². The molecule has 0 aliphatic heterocycles. The fourth-order valence-corrected chi connectivity index (χ4v) is 2.93. The van der Waals surface area contributed by atoms with E-state index >= 15 is 0 Å². The molecule has 0 radical (unpaired) electrons. The van der Waals surface area contributed by atoms with Gasteiger partial charge in [-0.1, -0.05) is 13.0 Å². The summed E-state index contributed by atoms with van der Waals surface area (Å²) in [5.74, 6) is 0.670. The number of hydrogen-bond acceptors (Lipinski definition) is 2. The fourth-order valence-electron chi connectivity index (χ4n) is 2.93. The summed E-state index contributed by atoms with van der Waals surface area (Å²) < 4.78 is 0. The Morgan fingerprint density at radius 3 is 2.48 bits per heavy atom. The zero-order valence-corrected chi connectivity index (χ0v) is 13.1. The predicted molar refractivity (Wildman–Crippen MR) is 84.3 cm³/mol. The molecular formula is C17H24N2O2. The average molecular weight is 288 g/mol. The van der Waals surface area contributed by atoms with Crippen LogP contribution in [0.3, 0.4) is 0 Å². The standard InChI is InChI=1S/C17H24N2O2/c1-12-7-9-16(10-8-12)19(3)17(21)14-5-4-6-15(11-14)18-13(2)20/h4-6,11-12,16H,7-10H2,1-3H3,(H,18,20). The van der Waals surface area contributed by atoms with Crippen LogP contribution in [0.2, 0.25) is 0 Å². The molecule has 2 amide bonds. The molecule has 0 aromatic heterocycles. The lowest BCUT2D eigenvalue weighted by atomic mass is 9.86. The Balaban J connectivity index is 2.06. The van der Waals surface area contributed by atoms with Crippen molar-refractivity contribution in [1.29, 1.82) is 0 Å². The smallest absolute Gasteiger partial charge is 0.253 e. The van der Waals surface area contributed by atoms with Crippen LogP contribution in [0, 0.1) is 5.92 Å². The maximum atomic E-state index is 12.6. The summed E-state index contributed by atoms with van der Waals surface area (Å²) in [5.41, 5.74) is 1.29. The lowest BCUT2D eigenvalue weighted by molar-refractivity contribution is -0.114. The summed E-state index contributed by atoms with van der Waals surface area (Å²) in [6.45, 7) is 3.73. The number of nitrogens with zero attached hydrogens (tertiary/aromatic N) is 1. The first-order valence-electron chi connectivity index (χ1n) is 7.62. The minimum Gasteiger partial charge on any atom is -0.339 e. The van der Waals surface area contributed by atoms with Crippen molar-refractivity contribution < 1.29 is 9.59 Å². The fraction of sp³-hybridized carbons (Fsp3) is 0.529. The van der Waals surface area contributed by atoms with E-state index in [2.05, 4.69) is 12.2 Å². The van der Waals surface area contributed by atoms with Crippen molar-refractivity contribution in [2.75, 3.05) is 12.4 Å². The van der Waals surface area contributed by atoms with E-state index in [9.17, 15) is 9.59 Å². The van der Waals surface area contributed by atoms with Crippen LogP contribution in [0.1, 0.15) is 49.9 Å². The van der Waals surface area contributed by atoms with Gasteiger partial charge in [0, 0.05) is 31.3 Å². The van der Waals surface area contributed by atoms with Gasteiger partial charge in [0.2, 0.25) is 5.91 Å². The van der Waals surface area contributed by atoms with Gasteiger partial charge in [0.15, 0.2) is 0 Å². The molecule has 1 aliphatic rings. The third kappa shape index (κ3) is 4.06. The van der Waals surface area contributed by atoms with Crippen LogP contribution in [0.4, 0.5) is 5.69 Å². The minimum atomic E-state index is -0.130. The quantitative estimate of drug-likeness (QED) is 0.927. The molecule has 0 atom stereocenters. The second kappa shape index (κ2) is 6.74. The molecular weight excluding hydrogens is 264 g/mol. The maximum absolute atomic E-state index is 12.6. The zero-order chi connectivity index (χ0) is 15.4. The molecule has 1 saturated carbocycles. The van der Waals surface area contributed by atoms with E-state index in [0.29, 0.717) is 17.3 Å². The van der Waals surface area contributed by atoms with Crippen LogP contribution in [0.25, 0.3) is 0 Å². The minimum absolute atomic E-state index is 0.0294. The summed E-state index contributed by atoms with van der Waals surface area (Å²) in [6.07, 6.45) is 4.53. The Labute approximate surface area is 126 Å². The van der Waals surface area contributed by atoms with Gasteiger partial charge in [0.05, 0.1) is 0 Å². The third-order valence-electron chi connectivity index (χ3n) is 4.28. The van der Waals surface area contributed by atoms with Crippen LogP contribution in [0.15, 0.2) is 24.3 Å². The van der Waals surface area contributed by atoms with Gasteiger partial charge in [-0.05, 0) is 49.8 Å². The van der Waals surface area contributed by atoms with E-state index in [0.717, 1.165) is 18.8 Å². The van der Waals surface area contributed by atoms with E-state index in [4.69, 9.17) is 0 Å².